The van der Waals surface area contributed by atoms with Gasteiger partial charge in [0, 0.05) is 31.5 Å². The van der Waals surface area contributed by atoms with E-state index in [1.165, 1.54) is 7.11 Å². The lowest BCUT2D eigenvalue weighted by molar-refractivity contribution is -0.116. The van der Waals surface area contributed by atoms with Crippen molar-refractivity contribution in [2.45, 2.75) is 25.7 Å². The monoisotopic (exact) mass is 450 g/mol. The molecule has 0 saturated carbocycles. The van der Waals surface area contributed by atoms with E-state index in [2.05, 4.69) is 20.4 Å². The van der Waals surface area contributed by atoms with Crippen LogP contribution < -0.4 is 15.0 Å². The Bertz CT molecular complexity index is 1120. The maximum Gasteiger partial charge on any atom is 0.337 e. The highest BCUT2D eigenvalue weighted by Gasteiger charge is 2.19. The minimum Gasteiger partial charge on any atom is -0.497 e. The number of nitrogens with one attached hydrogen (secondary N) is 1. The Morgan fingerprint density at radius 2 is 1.85 bits per heavy atom. The predicted octanol–water partition coefficient (Wildman–Crippen LogP) is 3.70. The second kappa shape index (κ2) is 10.2. The Morgan fingerprint density at radius 3 is 2.55 bits per heavy atom. The first-order valence-electron chi connectivity index (χ1n) is 10.8. The molecule has 172 valence electrons. The SMILES string of the molecule is COC(=O)c1ccc(N2CCCC2)c(NC(=O)CCc2nc(-c3ccc(OC)cc3)no2)c1. The lowest BCUT2D eigenvalue weighted by atomic mass is 10.1. The molecule has 4 rings (SSSR count). The van der Waals surface area contributed by atoms with Gasteiger partial charge in [-0.25, -0.2) is 4.79 Å². The summed E-state index contributed by atoms with van der Waals surface area (Å²) in [5, 5.41) is 6.93. The van der Waals surface area contributed by atoms with E-state index in [0.29, 0.717) is 29.4 Å². The van der Waals surface area contributed by atoms with Crippen LogP contribution in [0.5, 0.6) is 5.75 Å². The maximum absolute atomic E-state index is 12.7. The first-order chi connectivity index (χ1) is 16.1. The summed E-state index contributed by atoms with van der Waals surface area (Å²) in [7, 11) is 2.94. The number of hydrogen-bond acceptors (Lipinski definition) is 8. The van der Waals surface area contributed by atoms with E-state index in [9.17, 15) is 9.59 Å². The predicted molar refractivity (Wildman–Crippen MR) is 122 cm³/mol. The van der Waals surface area contributed by atoms with Crippen molar-refractivity contribution in [3.05, 3.63) is 53.9 Å². The van der Waals surface area contributed by atoms with Crippen molar-refractivity contribution in [1.82, 2.24) is 10.1 Å². The topological polar surface area (TPSA) is 107 Å². The molecular formula is C24H26N4O5. The van der Waals surface area contributed by atoms with Gasteiger partial charge in [-0.05, 0) is 55.3 Å². The van der Waals surface area contributed by atoms with Gasteiger partial charge in [-0.3, -0.25) is 4.79 Å². The second-order valence-electron chi connectivity index (χ2n) is 7.71. The Labute approximate surface area is 191 Å². The van der Waals surface area contributed by atoms with Crippen LogP contribution in [0.25, 0.3) is 11.4 Å². The van der Waals surface area contributed by atoms with Crippen LogP contribution >= 0.6 is 0 Å². The molecule has 1 aromatic heterocycles. The fourth-order valence-corrected chi connectivity index (χ4v) is 3.76. The molecule has 0 aliphatic carbocycles. The average Bonchev–Trinajstić information content (AvgIpc) is 3.55. The average molecular weight is 450 g/mol. The van der Waals surface area contributed by atoms with Gasteiger partial charge in [0.05, 0.1) is 31.2 Å². The lowest BCUT2D eigenvalue weighted by Crippen LogP contribution is -2.21. The molecule has 2 aromatic carbocycles. The van der Waals surface area contributed by atoms with E-state index >= 15 is 0 Å². The van der Waals surface area contributed by atoms with Crippen molar-refractivity contribution in [1.29, 1.82) is 0 Å². The number of methoxy groups -OCH3 is 2. The Balaban J connectivity index is 1.42. The summed E-state index contributed by atoms with van der Waals surface area (Å²) in [6.07, 6.45) is 2.65. The molecule has 2 heterocycles. The van der Waals surface area contributed by atoms with Crippen LogP contribution in [0.3, 0.4) is 0 Å². The van der Waals surface area contributed by atoms with E-state index in [1.807, 2.05) is 30.3 Å². The molecule has 3 aromatic rings. The molecule has 0 spiro atoms. The van der Waals surface area contributed by atoms with E-state index in [-0.39, 0.29) is 12.3 Å². The van der Waals surface area contributed by atoms with Crippen LogP contribution in [0.4, 0.5) is 11.4 Å². The molecule has 9 nitrogen and oxygen atoms in total. The quantitative estimate of drug-likeness (QED) is 0.518. The third-order valence-corrected chi connectivity index (χ3v) is 5.52. The number of hydrogen-bond donors (Lipinski definition) is 1. The molecule has 1 aliphatic heterocycles. The Morgan fingerprint density at radius 1 is 1.09 bits per heavy atom. The molecule has 0 atom stereocenters. The van der Waals surface area contributed by atoms with Crippen LogP contribution in [-0.4, -0.2) is 49.3 Å². The highest BCUT2D eigenvalue weighted by atomic mass is 16.5. The number of carbonyl (C=O) groups excluding carboxylic acids is 2. The van der Waals surface area contributed by atoms with Gasteiger partial charge in [0.1, 0.15) is 5.75 Å². The van der Waals surface area contributed by atoms with Gasteiger partial charge in [0.15, 0.2) is 0 Å². The smallest absolute Gasteiger partial charge is 0.337 e. The van der Waals surface area contributed by atoms with Crippen molar-refractivity contribution in [2.24, 2.45) is 0 Å². The first kappa shape index (κ1) is 22.3. The molecule has 1 fully saturated rings. The van der Waals surface area contributed by atoms with Gasteiger partial charge in [-0.2, -0.15) is 4.98 Å². The second-order valence-corrected chi connectivity index (χ2v) is 7.71. The number of esters is 1. The Kier molecular flexibility index (Phi) is 6.87. The molecule has 1 amide bonds. The van der Waals surface area contributed by atoms with Crippen LogP contribution in [-0.2, 0) is 16.0 Å². The molecule has 33 heavy (non-hydrogen) atoms. The molecule has 0 bridgehead atoms. The number of amides is 1. The molecule has 9 heteroatoms. The fourth-order valence-electron chi connectivity index (χ4n) is 3.76. The standard InChI is InChI=1S/C24H26N4O5/c1-31-18-8-5-16(6-9-18)23-26-22(33-27-23)12-11-21(29)25-19-15-17(24(30)32-2)7-10-20(19)28-13-3-4-14-28/h5-10,15H,3-4,11-14H2,1-2H3,(H,25,29). The molecule has 1 saturated heterocycles. The number of aromatic nitrogens is 2. The van der Waals surface area contributed by atoms with Crippen molar-refractivity contribution >= 4 is 23.3 Å². The molecule has 0 radical (unpaired) electrons. The molecular weight excluding hydrogens is 424 g/mol. The number of nitrogens with zero attached hydrogens (tertiary/aromatic N) is 3. The summed E-state index contributed by atoms with van der Waals surface area (Å²) in [4.78, 5) is 31.2. The number of aryl methyl sites for hydroxylation is 1. The molecule has 1 aliphatic rings. The number of benzene rings is 2. The summed E-state index contributed by atoms with van der Waals surface area (Å²) >= 11 is 0. The van der Waals surface area contributed by atoms with Crippen LogP contribution in [0.15, 0.2) is 47.0 Å². The van der Waals surface area contributed by atoms with Gasteiger partial charge >= 0.3 is 5.97 Å². The zero-order valence-electron chi connectivity index (χ0n) is 18.7. The number of rotatable bonds is 8. The van der Waals surface area contributed by atoms with Crippen LogP contribution in [0.2, 0.25) is 0 Å². The van der Waals surface area contributed by atoms with E-state index in [1.54, 1.807) is 19.2 Å². The third-order valence-electron chi connectivity index (χ3n) is 5.52. The number of ether oxygens (including phenoxy) is 2. The van der Waals surface area contributed by atoms with Crippen molar-refractivity contribution in [3.8, 4) is 17.1 Å². The van der Waals surface area contributed by atoms with Crippen LogP contribution in [0, 0.1) is 0 Å². The van der Waals surface area contributed by atoms with Gasteiger partial charge in [0.2, 0.25) is 17.6 Å². The third kappa shape index (κ3) is 5.31. The van der Waals surface area contributed by atoms with Crippen molar-refractivity contribution in [2.75, 3.05) is 37.5 Å². The summed E-state index contributed by atoms with van der Waals surface area (Å²) < 4.78 is 15.3. The van der Waals surface area contributed by atoms with Crippen LogP contribution in [0.1, 0.15) is 35.5 Å². The zero-order chi connectivity index (χ0) is 23.2. The summed E-state index contributed by atoms with van der Waals surface area (Å²) in [6.45, 7) is 1.83. The van der Waals surface area contributed by atoms with E-state index in [4.69, 9.17) is 14.0 Å². The highest BCUT2D eigenvalue weighted by molar-refractivity contribution is 5.98. The summed E-state index contributed by atoms with van der Waals surface area (Å²) in [6, 6.07) is 12.5. The largest absolute Gasteiger partial charge is 0.497 e. The minimum atomic E-state index is -0.449. The van der Waals surface area contributed by atoms with Gasteiger partial charge in [0.25, 0.3) is 0 Å². The summed E-state index contributed by atoms with van der Waals surface area (Å²) in [5.41, 5.74) is 2.67. The normalized spacial score (nSPS) is 13.1. The highest BCUT2D eigenvalue weighted by Crippen LogP contribution is 2.30. The van der Waals surface area contributed by atoms with E-state index < -0.39 is 5.97 Å². The molecule has 0 unspecified atom stereocenters. The lowest BCUT2D eigenvalue weighted by Gasteiger charge is -2.22. The first-order valence-corrected chi connectivity index (χ1v) is 10.8. The number of carbonyl (C=O) groups is 2. The Hall–Kier alpha value is -3.88. The van der Waals surface area contributed by atoms with Gasteiger partial charge in [-0.15, -0.1) is 0 Å². The van der Waals surface area contributed by atoms with Gasteiger partial charge < -0.3 is 24.2 Å². The number of anilines is 2. The van der Waals surface area contributed by atoms with Crippen molar-refractivity contribution < 1.29 is 23.6 Å². The maximum atomic E-state index is 12.7. The molecule has 1 N–H and O–H groups in total. The van der Waals surface area contributed by atoms with Crippen molar-refractivity contribution in [3.63, 3.8) is 0 Å². The van der Waals surface area contributed by atoms with Gasteiger partial charge in [-0.1, -0.05) is 5.16 Å². The summed E-state index contributed by atoms with van der Waals surface area (Å²) in [5.74, 6) is 0.912. The fraction of sp³-hybridized carbons (Fsp3) is 0.333. The zero-order valence-corrected chi connectivity index (χ0v) is 18.7. The van der Waals surface area contributed by atoms with E-state index in [0.717, 1.165) is 42.9 Å². The minimum absolute atomic E-state index is 0.159.